The Kier molecular flexibility index (Phi) is 5.83. The number of hydrazone groups is 1. The van der Waals surface area contributed by atoms with Crippen molar-refractivity contribution in [2.45, 2.75) is 13.5 Å². The van der Waals surface area contributed by atoms with E-state index in [1.165, 1.54) is 15.9 Å². The van der Waals surface area contributed by atoms with Crippen molar-refractivity contribution in [3.8, 4) is 5.69 Å². The van der Waals surface area contributed by atoms with Crippen LogP contribution in [0.5, 0.6) is 0 Å². The van der Waals surface area contributed by atoms with Gasteiger partial charge in [0.05, 0.1) is 17.5 Å². The van der Waals surface area contributed by atoms with Crippen LogP contribution in [0, 0.1) is 6.92 Å². The van der Waals surface area contributed by atoms with Gasteiger partial charge in [0.25, 0.3) is 5.56 Å². The van der Waals surface area contributed by atoms with Crippen molar-refractivity contribution in [2.75, 3.05) is 7.05 Å². The summed E-state index contributed by atoms with van der Waals surface area (Å²) >= 11 is 5.35. The van der Waals surface area contributed by atoms with E-state index in [1.54, 1.807) is 7.05 Å². The second-order valence-corrected chi connectivity index (χ2v) is 6.43. The molecule has 27 heavy (non-hydrogen) atoms. The summed E-state index contributed by atoms with van der Waals surface area (Å²) in [5.41, 5.74) is 2.99. The van der Waals surface area contributed by atoms with Crippen LogP contribution >= 0.6 is 12.2 Å². The van der Waals surface area contributed by atoms with Gasteiger partial charge in [-0.3, -0.25) is 9.89 Å². The maximum absolute atomic E-state index is 12.7. The van der Waals surface area contributed by atoms with E-state index >= 15 is 0 Å². The Morgan fingerprint density at radius 1 is 1.19 bits per heavy atom. The lowest BCUT2D eigenvalue weighted by molar-refractivity contribution is 0.532. The number of H-pyrrole nitrogens is 1. The number of benzene rings is 2. The second-order valence-electron chi connectivity index (χ2n) is 6.04. The Bertz CT molecular complexity index is 992. The van der Waals surface area contributed by atoms with E-state index in [1.807, 2.05) is 67.6 Å². The van der Waals surface area contributed by atoms with Crippen LogP contribution in [0.4, 0.5) is 0 Å². The number of para-hydroxylation sites is 1. The summed E-state index contributed by atoms with van der Waals surface area (Å²) in [5.74, 6) is 0. The van der Waals surface area contributed by atoms with Crippen LogP contribution in [-0.4, -0.2) is 33.2 Å². The predicted molar refractivity (Wildman–Crippen MR) is 112 cm³/mol. The first-order valence-electron chi connectivity index (χ1n) is 8.53. The molecule has 0 radical (unpaired) electrons. The molecule has 0 atom stereocenters. The molecule has 0 aliphatic carbocycles. The zero-order chi connectivity index (χ0) is 19.2. The number of nitrogens with one attached hydrogen (secondary N) is 2. The summed E-state index contributed by atoms with van der Waals surface area (Å²) < 4.78 is 1.50. The number of nitrogens with zero attached hydrogens (tertiary/aromatic N) is 3. The summed E-state index contributed by atoms with van der Waals surface area (Å²) in [5, 5.41) is 12.5. The molecular weight excluding hydrogens is 358 g/mol. The molecule has 0 amide bonds. The van der Waals surface area contributed by atoms with Gasteiger partial charge in [-0.25, -0.2) is 9.69 Å². The maximum Gasteiger partial charge on any atom is 0.280 e. The van der Waals surface area contributed by atoms with Gasteiger partial charge in [-0.15, -0.1) is 0 Å². The third kappa shape index (κ3) is 4.51. The molecular formula is C20H21N5OS. The van der Waals surface area contributed by atoms with E-state index in [9.17, 15) is 4.79 Å². The van der Waals surface area contributed by atoms with E-state index in [-0.39, 0.29) is 5.56 Å². The van der Waals surface area contributed by atoms with Crippen LogP contribution in [-0.2, 0) is 6.54 Å². The lowest BCUT2D eigenvalue weighted by Crippen LogP contribution is -2.33. The second kappa shape index (κ2) is 8.46. The standard InChI is InChI=1S/C20H21N5OS/c1-15-18(19(26)25(23-15)17-11-7-4-8-12-17)14-22-24(2)20(27)21-13-16-9-5-3-6-10-16/h3-12,14,23H,13H2,1-2H3,(H,21,27). The molecule has 2 N–H and O–H groups in total. The summed E-state index contributed by atoms with van der Waals surface area (Å²) in [4.78, 5) is 12.7. The molecule has 0 unspecified atom stereocenters. The van der Waals surface area contributed by atoms with Gasteiger partial charge in [-0.1, -0.05) is 48.5 Å². The van der Waals surface area contributed by atoms with E-state index < -0.39 is 0 Å². The number of thiocarbonyl (C=S) groups is 1. The van der Waals surface area contributed by atoms with Gasteiger partial charge in [-0.2, -0.15) is 5.10 Å². The third-order valence-electron chi connectivity index (χ3n) is 4.07. The molecule has 0 bridgehead atoms. The zero-order valence-corrected chi connectivity index (χ0v) is 16.0. The highest BCUT2D eigenvalue weighted by molar-refractivity contribution is 7.80. The van der Waals surface area contributed by atoms with E-state index in [4.69, 9.17) is 12.2 Å². The Hall–Kier alpha value is -3.19. The van der Waals surface area contributed by atoms with Crippen LogP contribution in [0.3, 0.4) is 0 Å². The first-order valence-corrected chi connectivity index (χ1v) is 8.93. The molecule has 0 saturated carbocycles. The van der Waals surface area contributed by atoms with Crippen LogP contribution in [0.1, 0.15) is 16.8 Å². The van der Waals surface area contributed by atoms with Crippen molar-refractivity contribution in [2.24, 2.45) is 5.10 Å². The van der Waals surface area contributed by atoms with E-state index in [2.05, 4.69) is 15.5 Å². The number of hydrogen-bond donors (Lipinski definition) is 2. The maximum atomic E-state index is 12.7. The third-order valence-corrected chi connectivity index (χ3v) is 4.48. The van der Waals surface area contributed by atoms with Gasteiger partial charge in [0.2, 0.25) is 0 Å². The topological polar surface area (TPSA) is 65.4 Å². The number of aromatic amines is 1. The summed E-state index contributed by atoms with van der Waals surface area (Å²) in [6, 6.07) is 19.4. The highest BCUT2D eigenvalue weighted by Crippen LogP contribution is 2.06. The average Bonchev–Trinajstić information content (AvgIpc) is 2.99. The largest absolute Gasteiger partial charge is 0.357 e. The fourth-order valence-corrected chi connectivity index (χ4v) is 2.67. The van der Waals surface area contributed by atoms with Gasteiger partial charge in [0, 0.05) is 19.3 Å². The molecule has 2 aromatic carbocycles. The minimum Gasteiger partial charge on any atom is -0.357 e. The van der Waals surface area contributed by atoms with Gasteiger partial charge >= 0.3 is 0 Å². The van der Waals surface area contributed by atoms with E-state index in [0.717, 1.165) is 16.9 Å². The number of hydrogen-bond acceptors (Lipinski definition) is 3. The Labute approximate surface area is 163 Å². The van der Waals surface area contributed by atoms with Crippen LogP contribution in [0.2, 0.25) is 0 Å². The molecule has 1 aromatic heterocycles. The molecule has 0 aliphatic heterocycles. The normalized spacial score (nSPS) is 10.9. The van der Waals surface area contributed by atoms with Gasteiger partial charge in [0.15, 0.2) is 5.11 Å². The molecule has 0 aliphatic rings. The SMILES string of the molecule is Cc1[nH]n(-c2ccccc2)c(=O)c1C=NN(C)C(=S)NCc1ccccc1. The molecule has 3 aromatic rings. The van der Waals surface area contributed by atoms with E-state index in [0.29, 0.717) is 17.2 Å². The minimum atomic E-state index is -0.154. The first kappa shape index (κ1) is 18.6. The van der Waals surface area contributed by atoms with Gasteiger partial charge < -0.3 is 5.32 Å². The lowest BCUT2D eigenvalue weighted by atomic mass is 10.2. The molecule has 3 rings (SSSR count). The van der Waals surface area contributed by atoms with Crippen molar-refractivity contribution in [1.82, 2.24) is 20.1 Å². The number of aromatic nitrogens is 2. The number of aryl methyl sites for hydroxylation is 1. The fraction of sp³-hybridized carbons (Fsp3) is 0.150. The molecule has 0 saturated heterocycles. The lowest BCUT2D eigenvalue weighted by Gasteiger charge is -2.15. The van der Waals surface area contributed by atoms with Crippen molar-refractivity contribution in [3.05, 3.63) is 87.8 Å². The smallest absolute Gasteiger partial charge is 0.280 e. The zero-order valence-electron chi connectivity index (χ0n) is 15.2. The van der Waals surface area contributed by atoms with Gasteiger partial charge in [0.1, 0.15) is 0 Å². The summed E-state index contributed by atoms with van der Waals surface area (Å²) in [6.07, 6.45) is 1.53. The molecule has 0 fully saturated rings. The first-order chi connectivity index (χ1) is 13.1. The molecule has 1 heterocycles. The molecule has 0 spiro atoms. The van der Waals surface area contributed by atoms with Crippen molar-refractivity contribution < 1.29 is 0 Å². The quantitative estimate of drug-likeness (QED) is 0.406. The Morgan fingerprint density at radius 2 is 1.81 bits per heavy atom. The summed E-state index contributed by atoms with van der Waals surface area (Å²) in [7, 11) is 1.74. The highest BCUT2D eigenvalue weighted by Gasteiger charge is 2.11. The predicted octanol–water partition coefficient (Wildman–Crippen LogP) is 2.81. The number of rotatable bonds is 5. The molecule has 6 nitrogen and oxygen atoms in total. The summed E-state index contributed by atoms with van der Waals surface area (Å²) in [6.45, 7) is 2.46. The Morgan fingerprint density at radius 3 is 2.48 bits per heavy atom. The molecule has 7 heteroatoms. The monoisotopic (exact) mass is 379 g/mol. The van der Waals surface area contributed by atoms with Crippen LogP contribution < -0.4 is 10.9 Å². The fourth-order valence-electron chi connectivity index (χ4n) is 2.56. The van der Waals surface area contributed by atoms with Crippen molar-refractivity contribution >= 4 is 23.5 Å². The Balaban J connectivity index is 1.69. The van der Waals surface area contributed by atoms with Crippen molar-refractivity contribution in [3.63, 3.8) is 0 Å². The van der Waals surface area contributed by atoms with Crippen molar-refractivity contribution in [1.29, 1.82) is 0 Å². The average molecular weight is 379 g/mol. The molecule has 138 valence electrons. The minimum absolute atomic E-state index is 0.154. The van der Waals surface area contributed by atoms with Gasteiger partial charge in [-0.05, 0) is 36.8 Å². The van der Waals surface area contributed by atoms with Crippen LogP contribution in [0.15, 0.2) is 70.6 Å². The van der Waals surface area contributed by atoms with Crippen LogP contribution in [0.25, 0.3) is 5.69 Å². The highest BCUT2D eigenvalue weighted by atomic mass is 32.1.